The molecule has 2 atom stereocenters. The predicted molar refractivity (Wildman–Crippen MR) is 86.1 cm³/mol. The summed E-state index contributed by atoms with van der Waals surface area (Å²) in [5, 5.41) is 11.2. The highest BCUT2D eigenvalue weighted by Crippen LogP contribution is 2.42. The molecule has 0 heterocycles. The molecule has 1 aliphatic rings. The minimum absolute atomic E-state index is 0.375. The smallest absolute Gasteiger partial charge is 0.122 e. The molecule has 2 unspecified atom stereocenters. The Hall–Kier alpha value is -0.540. The van der Waals surface area contributed by atoms with E-state index >= 15 is 0 Å². The van der Waals surface area contributed by atoms with E-state index in [4.69, 9.17) is 4.74 Å². The number of benzene rings is 1. The van der Waals surface area contributed by atoms with Gasteiger partial charge < -0.3 is 9.84 Å². The molecule has 1 aliphatic carbocycles. The molecule has 3 heteroatoms. The summed E-state index contributed by atoms with van der Waals surface area (Å²) in [4.78, 5) is 0. The standard InChI is InChI=1S/C17H25BrO2/c1-12(2)15-6-4-5-9-17(15,19)11-13-10-14(18)7-8-16(13)20-3/h7-8,10,12,15,19H,4-6,9,11H2,1-3H3. The first-order chi connectivity index (χ1) is 9.46. The number of hydrogen-bond acceptors (Lipinski definition) is 2. The van der Waals surface area contributed by atoms with E-state index in [-0.39, 0.29) is 0 Å². The molecule has 0 saturated heterocycles. The Kier molecular flexibility index (Phi) is 5.14. The van der Waals surface area contributed by atoms with Crippen molar-refractivity contribution in [3.05, 3.63) is 28.2 Å². The number of ether oxygens (including phenoxy) is 1. The molecule has 1 aromatic rings. The Morgan fingerprint density at radius 3 is 2.80 bits per heavy atom. The van der Waals surface area contributed by atoms with E-state index < -0.39 is 5.60 Å². The number of aliphatic hydroxyl groups is 1. The molecule has 0 amide bonds. The Balaban J connectivity index is 2.28. The normalized spacial score (nSPS) is 26.8. The monoisotopic (exact) mass is 340 g/mol. The van der Waals surface area contributed by atoms with Gasteiger partial charge in [-0.2, -0.15) is 0 Å². The van der Waals surface area contributed by atoms with Crippen LogP contribution < -0.4 is 4.74 Å². The second-order valence-electron chi connectivity index (χ2n) is 6.33. The maximum atomic E-state index is 11.2. The van der Waals surface area contributed by atoms with E-state index in [0.29, 0.717) is 18.3 Å². The van der Waals surface area contributed by atoms with Crippen LogP contribution in [0.3, 0.4) is 0 Å². The molecule has 1 fully saturated rings. The third-order valence-electron chi connectivity index (χ3n) is 4.61. The third-order valence-corrected chi connectivity index (χ3v) is 5.10. The summed E-state index contributed by atoms with van der Waals surface area (Å²) >= 11 is 3.51. The fraction of sp³-hybridized carbons (Fsp3) is 0.647. The minimum atomic E-state index is -0.597. The molecule has 1 N–H and O–H groups in total. The summed E-state index contributed by atoms with van der Waals surface area (Å²) in [6, 6.07) is 6.02. The van der Waals surface area contributed by atoms with Crippen molar-refractivity contribution in [1.29, 1.82) is 0 Å². The molecular weight excluding hydrogens is 316 g/mol. The summed E-state index contributed by atoms with van der Waals surface area (Å²) in [7, 11) is 1.69. The number of rotatable bonds is 4. The predicted octanol–water partition coefficient (Wildman–Crippen LogP) is 4.58. The summed E-state index contributed by atoms with van der Waals surface area (Å²) in [5.74, 6) is 1.76. The number of methoxy groups -OCH3 is 1. The molecule has 1 aromatic carbocycles. The van der Waals surface area contributed by atoms with Crippen LogP contribution in [-0.2, 0) is 6.42 Å². The summed E-state index contributed by atoms with van der Waals surface area (Å²) in [5.41, 5.74) is 0.498. The van der Waals surface area contributed by atoms with E-state index in [1.807, 2.05) is 12.1 Å². The number of hydrogen-bond donors (Lipinski definition) is 1. The van der Waals surface area contributed by atoms with Gasteiger partial charge in [-0.25, -0.2) is 0 Å². The molecule has 0 radical (unpaired) electrons. The zero-order valence-electron chi connectivity index (χ0n) is 12.7. The molecule has 0 bridgehead atoms. The fourth-order valence-electron chi connectivity index (χ4n) is 3.64. The minimum Gasteiger partial charge on any atom is -0.496 e. The lowest BCUT2D eigenvalue weighted by Crippen LogP contribution is -2.45. The van der Waals surface area contributed by atoms with E-state index in [9.17, 15) is 5.11 Å². The highest BCUT2D eigenvalue weighted by atomic mass is 79.9. The summed E-state index contributed by atoms with van der Waals surface area (Å²) in [6.45, 7) is 4.44. The third kappa shape index (κ3) is 3.37. The molecule has 112 valence electrons. The van der Waals surface area contributed by atoms with Gasteiger partial charge >= 0.3 is 0 Å². The Morgan fingerprint density at radius 2 is 2.15 bits per heavy atom. The summed E-state index contributed by atoms with van der Waals surface area (Å²) < 4.78 is 6.49. The van der Waals surface area contributed by atoms with E-state index in [1.165, 1.54) is 6.42 Å². The molecular formula is C17H25BrO2. The molecule has 2 nitrogen and oxygen atoms in total. The van der Waals surface area contributed by atoms with Crippen molar-refractivity contribution in [3.8, 4) is 5.75 Å². The van der Waals surface area contributed by atoms with Crippen LogP contribution in [0.4, 0.5) is 0 Å². The van der Waals surface area contributed by atoms with Gasteiger partial charge in [-0.05, 0) is 48.4 Å². The van der Waals surface area contributed by atoms with Crippen LogP contribution in [0.15, 0.2) is 22.7 Å². The largest absolute Gasteiger partial charge is 0.496 e. The Morgan fingerprint density at radius 1 is 1.40 bits per heavy atom. The molecule has 2 rings (SSSR count). The van der Waals surface area contributed by atoms with Crippen LogP contribution in [0, 0.1) is 11.8 Å². The average molecular weight is 341 g/mol. The quantitative estimate of drug-likeness (QED) is 0.869. The van der Waals surface area contributed by atoms with Crippen molar-refractivity contribution in [2.45, 2.75) is 51.6 Å². The molecule has 0 aliphatic heterocycles. The first kappa shape index (κ1) is 15.8. The second-order valence-corrected chi connectivity index (χ2v) is 7.25. The molecule has 20 heavy (non-hydrogen) atoms. The maximum Gasteiger partial charge on any atom is 0.122 e. The number of halogens is 1. The van der Waals surface area contributed by atoms with Gasteiger partial charge in [0.2, 0.25) is 0 Å². The fourth-order valence-corrected chi connectivity index (χ4v) is 4.05. The van der Waals surface area contributed by atoms with Crippen molar-refractivity contribution in [2.24, 2.45) is 11.8 Å². The lowest BCUT2D eigenvalue weighted by molar-refractivity contribution is -0.0655. The van der Waals surface area contributed by atoms with Gasteiger partial charge in [-0.15, -0.1) is 0 Å². The van der Waals surface area contributed by atoms with Crippen LogP contribution in [0.5, 0.6) is 5.75 Å². The van der Waals surface area contributed by atoms with Crippen molar-refractivity contribution >= 4 is 15.9 Å². The van der Waals surface area contributed by atoms with E-state index in [1.54, 1.807) is 7.11 Å². The van der Waals surface area contributed by atoms with Gasteiger partial charge in [0.25, 0.3) is 0 Å². The average Bonchev–Trinajstić information content (AvgIpc) is 2.38. The van der Waals surface area contributed by atoms with Crippen LogP contribution in [0.2, 0.25) is 0 Å². The Labute approximate surface area is 130 Å². The molecule has 0 aromatic heterocycles. The maximum absolute atomic E-state index is 11.2. The first-order valence-corrected chi connectivity index (χ1v) is 8.30. The van der Waals surface area contributed by atoms with Crippen LogP contribution in [0.1, 0.15) is 45.1 Å². The SMILES string of the molecule is COc1ccc(Br)cc1CC1(O)CCCCC1C(C)C. The van der Waals surface area contributed by atoms with Crippen LogP contribution in [-0.4, -0.2) is 17.8 Å². The van der Waals surface area contributed by atoms with Gasteiger partial charge in [0.05, 0.1) is 12.7 Å². The van der Waals surface area contributed by atoms with Gasteiger partial charge in [-0.1, -0.05) is 42.6 Å². The van der Waals surface area contributed by atoms with E-state index in [0.717, 1.165) is 35.0 Å². The van der Waals surface area contributed by atoms with Crippen molar-refractivity contribution < 1.29 is 9.84 Å². The highest BCUT2D eigenvalue weighted by molar-refractivity contribution is 9.10. The zero-order chi connectivity index (χ0) is 14.8. The summed E-state index contributed by atoms with van der Waals surface area (Å²) in [6.07, 6.45) is 5.06. The zero-order valence-corrected chi connectivity index (χ0v) is 14.2. The van der Waals surface area contributed by atoms with Crippen LogP contribution >= 0.6 is 15.9 Å². The lowest BCUT2D eigenvalue weighted by Gasteiger charge is -2.42. The topological polar surface area (TPSA) is 29.5 Å². The van der Waals surface area contributed by atoms with Gasteiger partial charge in [0.1, 0.15) is 5.75 Å². The first-order valence-electron chi connectivity index (χ1n) is 7.51. The van der Waals surface area contributed by atoms with Crippen molar-refractivity contribution in [2.75, 3.05) is 7.11 Å². The highest BCUT2D eigenvalue weighted by Gasteiger charge is 2.40. The van der Waals surface area contributed by atoms with Crippen molar-refractivity contribution in [1.82, 2.24) is 0 Å². The van der Waals surface area contributed by atoms with Crippen LogP contribution in [0.25, 0.3) is 0 Å². The van der Waals surface area contributed by atoms with Crippen molar-refractivity contribution in [3.63, 3.8) is 0 Å². The second kappa shape index (κ2) is 6.48. The van der Waals surface area contributed by atoms with Gasteiger partial charge in [0.15, 0.2) is 0 Å². The van der Waals surface area contributed by atoms with E-state index in [2.05, 4.69) is 35.8 Å². The lowest BCUT2D eigenvalue weighted by atomic mass is 9.68. The van der Waals surface area contributed by atoms with Gasteiger partial charge in [0, 0.05) is 10.9 Å². The molecule has 0 spiro atoms. The molecule has 1 saturated carbocycles. The van der Waals surface area contributed by atoms with Gasteiger partial charge in [-0.3, -0.25) is 0 Å². The Bertz CT molecular complexity index is 458.